The van der Waals surface area contributed by atoms with Gasteiger partial charge in [0.15, 0.2) is 0 Å². The molecular formula is C21H30N4O4. The van der Waals surface area contributed by atoms with E-state index in [1.165, 1.54) is 37.7 Å². The molecule has 0 radical (unpaired) electrons. The third-order valence-electron chi connectivity index (χ3n) is 6.09. The van der Waals surface area contributed by atoms with Crippen LogP contribution in [0.2, 0.25) is 0 Å². The van der Waals surface area contributed by atoms with Gasteiger partial charge in [-0.1, -0.05) is 0 Å². The number of aromatic nitrogens is 1. The van der Waals surface area contributed by atoms with E-state index < -0.39 is 0 Å². The lowest BCUT2D eigenvalue weighted by atomic mass is 9.95. The van der Waals surface area contributed by atoms with Gasteiger partial charge in [0.05, 0.1) is 12.3 Å². The maximum Gasteiger partial charge on any atom is 0.269 e. The summed E-state index contributed by atoms with van der Waals surface area (Å²) < 4.78 is 5.61. The van der Waals surface area contributed by atoms with Crippen molar-refractivity contribution in [2.45, 2.75) is 31.8 Å². The van der Waals surface area contributed by atoms with Gasteiger partial charge in [0, 0.05) is 26.2 Å². The summed E-state index contributed by atoms with van der Waals surface area (Å²) in [4.78, 5) is 32.8. The molecule has 1 aromatic heterocycles. The number of nitrogens with zero attached hydrogens (tertiary/aromatic N) is 3. The Morgan fingerprint density at radius 1 is 1.17 bits per heavy atom. The Kier molecular flexibility index (Phi) is 6.30. The fraction of sp³-hybridized carbons (Fsp3) is 0.667. The average Bonchev–Trinajstić information content (AvgIpc) is 3.54. The second-order valence-corrected chi connectivity index (χ2v) is 8.53. The molecule has 3 fully saturated rings. The van der Waals surface area contributed by atoms with Gasteiger partial charge in [0.25, 0.3) is 5.91 Å². The van der Waals surface area contributed by atoms with Gasteiger partial charge in [0.2, 0.25) is 5.91 Å². The minimum atomic E-state index is -0.319. The third-order valence-corrected chi connectivity index (χ3v) is 6.09. The second kappa shape index (κ2) is 9.09. The first kappa shape index (κ1) is 20.1. The van der Waals surface area contributed by atoms with Crippen LogP contribution in [0.25, 0.3) is 0 Å². The van der Waals surface area contributed by atoms with E-state index in [1.807, 2.05) is 4.90 Å². The number of amides is 2. The summed E-state index contributed by atoms with van der Waals surface area (Å²) in [5.74, 6) is 1.21. The van der Waals surface area contributed by atoms with Crippen LogP contribution in [0.4, 0.5) is 0 Å². The zero-order valence-electron chi connectivity index (χ0n) is 16.8. The first-order valence-electron chi connectivity index (χ1n) is 10.6. The Morgan fingerprint density at radius 3 is 2.62 bits per heavy atom. The van der Waals surface area contributed by atoms with Gasteiger partial charge < -0.3 is 25.0 Å². The number of nitrogens with one attached hydrogen (secondary N) is 1. The number of hydrogen-bond donors (Lipinski definition) is 2. The van der Waals surface area contributed by atoms with Crippen LogP contribution in [0.3, 0.4) is 0 Å². The maximum absolute atomic E-state index is 12.3. The number of ether oxygens (including phenoxy) is 1. The fourth-order valence-corrected chi connectivity index (χ4v) is 4.13. The zero-order chi connectivity index (χ0) is 20.2. The van der Waals surface area contributed by atoms with E-state index in [9.17, 15) is 14.7 Å². The molecule has 3 aliphatic rings. The number of hydrogen-bond acceptors (Lipinski definition) is 6. The van der Waals surface area contributed by atoms with Crippen LogP contribution in [0.15, 0.2) is 18.3 Å². The predicted octanol–water partition coefficient (Wildman–Crippen LogP) is 0.866. The molecular weight excluding hydrogens is 372 g/mol. The summed E-state index contributed by atoms with van der Waals surface area (Å²) in [6.07, 6.45) is 6.09. The van der Waals surface area contributed by atoms with E-state index in [-0.39, 0.29) is 36.0 Å². The summed E-state index contributed by atoms with van der Waals surface area (Å²) >= 11 is 0. The van der Waals surface area contributed by atoms with Crippen LogP contribution >= 0.6 is 0 Å². The molecule has 2 amide bonds. The zero-order valence-corrected chi connectivity index (χ0v) is 16.8. The van der Waals surface area contributed by atoms with Crippen molar-refractivity contribution in [3.05, 3.63) is 24.0 Å². The molecule has 0 spiro atoms. The van der Waals surface area contributed by atoms with E-state index in [0.717, 1.165) is 38.4 Å². The largest absolute Gasteiger partial charge is 0.506 e. The van der Waals surface area contributed by atoms with Crippen molar-refractivity contribution in [1.82, 2.24) is 20.1 Å². The molecule has 1 aromatic rings. The fourth-order valence-electron chi connectivity index (χ4n) is 4.13. The lowest BCUT2D eigenvalue weighted by Gasteiger charge is -2.38. The van der Waals surface area contributed by atoms with Crippen LogP contribution in [-0.2, 0) is 9.53 Å². The van der Waals surface area contributed by atoms with Gasteiger partial charge in [-0.05, 0) is 62.7 Å². The average molecular weight is 402 g/mol. The third kappa shape index (κ3) is 5.67. The maximum atomic E-state index is 12.3. The summed E-state index contributed by atoms with van der Waals surface area (Å²) in [6, 6.07) is 2.90. The van der Waals surface area contributed by atoms with Gasteiger partial charge in [-0.2, -0.15) is 0 Å². The molecule has 0 bridgehead atoms. The molecule has 8 heteroatoms. The van der Waals surface area contributed by atoms with Crippen molar-refractivity contribution in [3.8, 4) is 5.75 Å². The molecule has 1 atom stereocenters. The Morgan fingerprint density at radius 2 is 1.93 bits per heavy atom. The Labute approximate surface area is 171 Å². The molecule has 158 valence electrons. The van der Waals surface area contributed by atoms with Gasteiger partial charge in [-0.25, -0.2) is 4.98 Å². The lowest BCUT2D eigenvalue weighted by molar-refractivity contribution is -0.149. The van der Waals surface area contributed by atoms with Gasteiger partial charge >= 0.3 is 0 Å². The number of carbonyl (C=O) groups excluding carboxylic acids is 2. The smallest absolute Gasteiger partial charge is 0.269 e. The molecule has 3 heterocycles. The summed E-state index contributed by atoms with van der Waals surface area (Å²) in [5, 5.41) is 12.1. The van der Waals surface area contributed by atoms with Crippen molar-refractivity contribution >= 4 is 11.8 Å². The number of likely N-dealkylation sites (tertiary alicyclic amines) is 1. The van der Waals surface area contributed by atoms with Crippen molar-refractivity contribution < 1.29 is 19.4 Å². The van der Waals surface area contributed by atoms with Crippen LogP contribution in [-0.4, -0.2) is 83.7 Å². The molecule has 8 nitrogen and oxygen atoms in total. The first-order chi connectivity index (χ1) is 14.1. The first-order valence-corrected chi connectivity index (χ1v) is 10.6. The lowest BCUT2D eigenvalue weighted by Crippen LogP contribution is -2.52. The van der Waals surface area contributed by atoms with Crippen molar-refractivity contribution in [2.24, 2.45) is 11.8 Å². The molecule has 2 N–H and O–H groups in total. The van der Waals surface area contributed by atoms with E-state index in [0.29, 0.717) is 19.0 Å². The summed E-state index contributed by atoms with van der Waals surface area (Å²) in [5.41, 5.74) is 0.240. The molecule has 2 saturated heterocycles. The highest BCUT2D eigenvalue weighted by Gasteiger charge is 2.31. The van der Waals surface area contributed by atoms with Crippen LogP contribution < -0.4 is 5.32 Å². The van der Waals surface area contributed by atoms with Crippen LogP contribution in [0.5, 0.6) is 5.75 Å². The molecule has 1 saturated carbocycles. The highest BCUT2D eigenvalue weighted by atomic mass is 16.5. The number of pyridine rings is 1. The number of carbonyl (C=O) groups is 2. The Hall–Kier alpha value is -2.19. The highest BCUT2D eigenvalue weighted by Crippen LogP contribution is 2.31. The van der Waals surface area contributed by atoms with Gasteiger partial charge in [-0.3, -0.25) is 9.59 Å². The molecule has 0 unspecified atom stereocenters. The minimum absolute atomic E-state index is 0.0182. The summed E-state index contributed by atoms with van der Waals surface area (Å²) in [7, 11) is 0. The number of aromatic hydroxyl groups is 1. The Bertz CT molecular complexity index is 714. The van der Waals surface area contributed by atoms with Gasteiger partial charge in [0.1, 0.15) is 18.1 Å². The van der Waals surface area contributed by atoms with Gasteiger partial charge in [-0.15, -0.1) is 0 Å². The number of rotatable bonds is 7. The standard InChI is InChI=1S/C21H30N4O4/c26-17-3-4-19(22-9-17)21(28)23-10-18-13-25(20(27)14-29-18)12-16-5-7-24(8-6-16)11-15-1-2-15/h3-4,9,15-16,18,26H,1-2,5-8,10-14H2,(H,23,28)/t18-/m0/s1. The van der Waals surface area contributed by atoms with Crippen molar-refractivity contribution in [3.63, 3.8) is 0 Å². The number of piperidine rings is 1. The second-order valence-electron chi connectivity index (χ2n) is 8.53. The topological polar surface area (TPSA) is 95.0 Å². The highest BCUT2D eigenvalue weighted by molar-refractivity contribution is 5.92. The summed E-state index contributed by atoms with van der Waals surface area (Å²) in [6.45, 7) is 5.20. The SMILES string of the molecule is O=C(NC[C@H]1CN(CC2CCN(CC3CC3)CC2)C(=O)CO1)c1ccc(O)cn1. The van der Waals surface area contributed by atoms with E-state index >= 15 is 0 Å². The quantitative estimate of drug-likeness (QED) is 0.703. The van der Waals surface area contributed by atoms with Crippen molar-refractivity contribution in [2.75, 3.05) is 45.9 Å². The molecule has 2 aliphatic heterocycles. The monoisotopic (exact) mass is 402 g/mol. The van der Waals surface area contributed by atoms with E-state index in [2.05, 4.69) is 15.2 Å². The minimum Gasteiger partial charge on any atom is -0.506 e. The molecule has 4 rings (SSSR count). The van der Waals surface area contributed by atoms with Crippen LogP contribution in [0, 0.1) is 11.8 Å². The Balaban J connectivity index is 1.21. The molecule has 29 heavy (non-hydrogen) atoms. The van der Waals surface area contributed by atoms with Crippen molar-refractivity contribution in [1.29, 1.82) is 0 Å². The normalized spacial score (nSPS) is 23.9. The van der Waals surface area contributed by atoms with E-state index in [1.54, 1.807) is 0 Å². The van der Waals surface area contributed by atoms with E-state index in [4.69, 9.17) is 4.74 Å². The number of morpholine rings is 1. The molecule has 0 aromatic carbocycles. The predicted molar refractivity (Wildman–Crippen MR) is 106 cm³/mol. The molecule has 1 aliphatic carbocycles. The van der Waals surface area contributed by atoms with Crippen LogP contribution in [0.1, 0.15) is 36.2 Å².